The van der Waals surface area contributed by atoms with Crippen LogP contribution in [0.4, 0.5) is 11.4 Å². The Hall–Kier alpha value is -3.47. The molecular weight excluding hydrogens is 496 g/mol. The van der Waals surface area contributed by atoms with E-state index in [0.29, 0.717) is 6.42 Å². The van der Waals surface area contributed by atoms with Crippen molar-refractivity contribution in [2.75, 3.05) is 23.7 Å². The largest absolute Gasteiger partial charge is 0.352 e. The molecule has 2 aromatic rings. The summed E-state index contributed by atoms with van der Waals surface area (Å²) in [5, 5.41) is 14.3. The van der Waals surface area contributed by atoms with Gasteiger partial charge in [0.15, 0.2) is 0 Å². The quantitative estimate of drug-likeness (QED) is 0.351. The maximum atomic E-state index is 13.6. The van der Waals surface area contributed by atoms with Gasteiger partial charge in [0, 0.05) is 24.7 Å². The van der Waals surface area contributed by atoms with Gasteiger partial charge in [-0.15, -0.1) is 0 Å². The van der Waals surface area contributed by atoms with Gasteiger partial charge in [-0.3, -0.25) is 24.0 Å². The van der Waals surface area contributed by atoms with Crippen molar-refractivity contribution in [1.29, 1.82) is 0 Å². The van der Waals surface area contributed by atoms with Gasteiger partial charge in [0.25, 0.3) is 5.69 Å². The second-order valence-electron chi connectivity index (χ2n) is 9.39. The Morgan fingerprint density at radius 2 is 1.76 bits per heavy atom. The smallest absolute Gasteiger partial charge is 0.271 e. The van der Waals surface area contributed by atoms with Gasteiger partial charge in [0.2, 0.25) is 21.8 Å². The van der Waals surface area contributed by atoms with E-state index in [0.717, 1.165) is 54.3 Å². The van der Waals surface area contributed by atoms with Crippen molar-refractivity contribution in [3.05, 3.63) is 70.3 Å². The summed E-state index contributed by atoms with van der Waals surface area (Å²) in [6.45, 7) is 1.25. The van der Waals surface area contributed by atoms with Gasteiger partial charge in [-0.25, -0.2) is 8.42 Å². The molecule has 3 rings (SSSR count). The summed E-state index contributed by atoms with van der Waals surface area (Å²) >= 11 is 0. The molecule has 0 heterocycles. The summed E-state index contributed by atoms with van der Waals surface area (Å²) in [5.41, 5.74) is 0.686. The summed E-state index contributed by atoms with van der Waals surface area (Å²) in [4.78, 5) is 38.7. The second kappa shape index (κ2) is 12.7. The first kappa shape index (κ1) is 28.1. The third-order valence-corrected chi connectivity index (χ3v) is 7.75. The number of amides is 2. The van der Waals surface area contributed by atoms with Crippen LogP contribution in [0.15, 0.2) is 54.6 Å². The summed E-state index contributed by atoms with van der Waals surface area (Å²) in [6.07, 6.45) is 6.43. The van der Waals surface area contributed by atoms with Crippen molar-refractivity contribution in [2.24, 2.45) is 0 Å². The number of carbonyl (C=O) groups is 2. The second-order valence-corrected chi connectivity index (χ2v) is 11.3. The molecule has 0 aromatic heterocycles. The fraction of sp³-hybridized carbons (Fsp3) is 0.462. The molecule has 1 aliphatic carbocycles. The van der Waals surface area contributed by atoms with Crippen LogP contribution in [-0.2, 0) is 26.0 Å². The highest BCUT2D eigenvalue weighted by Gasteiger charge is 2.31. The van der Waals surface area contributed by atoms with Crippen molar-refractivity contribution in [3.8, 4) is 0 Å². The number of sulfonamides is 1. The number of rotatable bonds is 11. The van der Waals surface area contributed by atoms with Gasteiger partial charge >= 0.3 is 0 Å². The fourth-order valence-electron chi connectivity index (χ4n) is 4.51. The molecule has 1 aliphatic rings. The van der Waals surface area contributed by atoms with Crippen LogP contribution < -0.4 is 9.62 Å². The van der Waals surface area contributed by atoms with Crippen molar-refractivity contribution in [2.45, 2.75) is 57.5 Å². The number of nitro groups is 1. The zero-order chi connectivity index (χ0) is 27.0. The zero-order valence-electron chi connectivity index (χ0n) is 21.2. The van der Waals surface area contributed by atoms with Gasteiger partial charge < -0.3 is 10.2 Å². The molecule has 1 atom stereocenters. The minimum Gasteiger partial charge on any atom is -0.352 e. The molecule has 10 nitrogen and oxygen atoms in total. The topological polar surface area (TPSA) is 130 Å². The first-order chi connectivity index (χ1) is 17.6. The number of non-ortho nitro benzene ring substituents is 1. The summed E-state index contributed by atoms with van der Waals surface area (Å²) in [7, 11) is -3.96. The lowest BCUT2D eigenvalue weighted by Gasteiger charge is -2.33. The van der Waals surface area contributed by atoms with Gasteiger partial charge in [-0.2, -0.15) is 0 Å². The number of anilines is 1. The Labute approximate surface area is 217 Å². The molecule has 0 spiro atoms. The van der Waals surface area contributed by atoms with E-state index in [1.54, 1.807) is 6.92 Å². The molecule has 0 saturated heterocycles. The number of nitro benzene ring substituents is 1. The highest BCUT2D eigenvalue weighted by Crippen LogP contribution is 2.24. The molecule has 1 N–H and O–H groups in total. The minimum absolute atomic E-state index is 0.00682. The van der Waals surface area contributed by atoms with Crippen LogP contribution in [0.5, 0.6) is 0 Å². The monoisotopic (exact) mass is 530 g/mol. The van der Waals surface area contributed by atoms with Crippen molar-refractivity contribution < 1.29 is 22.9 Å². The molecule has 1 saturated carbocycles. The number of hydrogen-bond acceptors (Lipinski definition) is 6. The first-order valence-electron chi connectivity index (χ1n) is 12.4. The molecule has 0 radical (unpaired) electrons. The summed E-state index contributed by atoms with van der Waals surface area (Å²) in [6, 6.07) is 13.8. The van der Waals surface area contributed by atoms with E-state index < -0.39 is 33.4 Å². The zero-order valence-corrected chi connectivity index (χ0v) is 22.0. The number of benzene rings is 2. The maximum Gasteiger partial charge on any atom is 0.271 e. The Kier molecular flexibility index (Phi) is 9.62. The molecule has 1 fully saturated rings. The minimum atomic E-state index is -3.96. The third-order valence-electron chi connectivity index (χ3n) is 6.61. The van der Waals surface area contributed by atoms with Crippen molar-refractivity contribution in [3.63, 3.8) is 0 Å². The predicted octanol–water partition coefficient (Wildman–Crippen LogP) is 3.27. The van der Waals surface area contributed by atoms with Crippen LogP contribution in [0, 0.1) is 10.1 Å². The summed E-state index contributed by atoms with van der Waals surface area (Å²) < 4.78 is 26.1. The Bertz CT molecular complexity index is 1200. The van der Waals surface area contributed by atoms with Crippen LogP contribution in [0.2, 0.25) is 0 Å². The fourth-order valence-corrected chi connectivity index (χ4v) is 5.36. The first-order valence-corrected chi connectivity index (χ1v) is 14.3. The van der Waals surface area contributed by atoms with E-state index >= 15 is 0 Å². The molecule has 37 heavy (non-hydrogen) atoms. The van der Waals surface area contributed by atoms with E-state index in [1.165, 1.54) is 23.1 Å². The lowest BCUT2D eigenvalue weighted by atomic mass is 9.95. The Morgan fingerprint density at radius 3 is 2.38 bits per heavy atom. The average molecular weight is 531 g/mol. The van der Waals surface area contributed by atoms with Gasteiger partial charge in [-0.05, 0) is 37.8 Å². The van der Waals surface area contributed by atoms with Gasteiger partial charge in [-0.1, -0.05) is 55.7 Å². The van der Waals surface area contributed by atoms with E-state index in [4.69, 9.17) is 0 Å². The highest BCUT2D eigenvalue weighted by molar-refractivity contribution is 7.92. The average Bonchev–Trinajstić information content (AvgIpc) is 2.87. The number of carbonyl (C=O) groups excluding carboxylic acids is 2. The Morgan fingerprint density at radius 1 is 1.08 bits per heavy atom. The number of nitrogens with zero attached hydrogens (tertiary/aromatic N) is 3. The molecule has 200 valence electrons. The van der Waals surface area contributed by atoms with E-state index in [1.807, 2.05) is 30.3 Å². The molecular formula is C26H34N4O6S. The molecule has 2 amide bonds. The van der Waals surface area contributed by atoms with Crippen molar-refractivity contribution >= 4 is 33.2 Å². The van der Waals surface area contributed by atoms with E-state index in [-0.39, 0.29) is 29.9 Å². The van der Waals surface area contributed by atoms with E-state index in [9.17, 15) is 28.1 Å². The maximum absolute atomic E-state index is 13.6. The van der Waals surface area contributed by atoms with Gasteiger partial charge in [0.1, 0.15) is 12.6 Å². The molecule has 1 unspecified atom stereocenters. The van der Waals surface area contributed by atoms with E-state index in [2.05, 4.69) is 5.32 Å². The molecule has 0 bridgehead atoms. The molecule has 11 heteroatoms. The van der Waals surface area contributed by atoms with Crippen molar-refractivity contribution in [1.82, 2.24) is 10.2 Å². The molecule has 2 aromatic carbocycles. The third kappa shape index (κ3) is 8.01. The van der Waals surface area contributed by atoms with Crippen LogP contribution >= 0.6 is 0 Å². The lowest BCUT2D eigenvalue weighted by molar-refractivity contribution is -0.384. The standard InChI is InChI=1S/C26H34N4O6S/c1-20(26(32)27-22-12-7-4-8-13-22)28(17-16-21-10-5-3-6-11-21)25(31)19-29(37(2,35)36)23-14-9-15-24(18-23)30(33)34/h3,5-6,9-11,14-15,18,20,22H,4,7-8,12-13,16-17,19H2,1-2H3,(H,27,32). The number of nitrogens with one attached hydrogen (secondary N) is 1. The lowest BCUT2D eigenvalue weighted by Crippen LogP contribution is -2.53. The van der Waals surface area contributed by atoms with Crippen LogP contribution in [0.1, 0.15) is 44.6 Å². The molecule has 0 aliphatic heterocycles. The SMILES string of the molecule is CC(C(=O)NC1CCCCC1)N(CCc1ccccc1)C(=O)CN(c1cccc([N+](=O)[O-])c1)S(C)(=O)=O. The summed E-state index contributed by atoms with van der Waals surface area (Å²) in [5.74, 6) is -0.853. The number of hydrogen-bond donors (Lipinski definition) is 1. The Balaban J connectivity index is 1.84. The van der Waals surface area contributed by atoms with Crippen LogP contribution in [-0.4, -0.2) is 61.5 Å². The van der Waals surface area contributed by atoms with Crippen LogP contribution in [0.25, 0.3) is 0 Å². The predicted molar refractivity (Wildman–Crippen MR) is 142 cm³/mol. The highest BCUT2D eigenvalue weighted by atomic mass is 32.2. The van der Waals surface area contributed by atoms with Crippen LogP contribution in [0.3, 0.4) is 0 Å². The van der Waals surface area contributed by atoms with Gasteiger partial charge in [0.05, 0.1) is 16.9 Å². The normalized spacial score (nSPS) is 15.0.